The van der Waals surface area contributed by atoms with Gasteiger partial charge in [0.1, 0.15) is 0 Å². The molecule has 0 aromatic heterocycles. The van der Waals surface area contributed by atoms with E-state index in [4.69, 9.17) is 4.74 Å². The molecule has 8 heteroatoms. The van der Waals surface area contributed by atoms with Crippen LogP contribution in [0.3, 0.4) is 0 Å². The lowest BCUT2D eigenvalue weighted by Crippen LogP contribution is -2.45. The fourth-order valence-electron chi connectivity index (χ4n) is 3.07. The summed E-state index contributed by atoms with van der Waals surface area (Å²) in [6.07, 6.45) is 2.02. The van der Waals surface area contributed by atoms with E-state index in [2.05, 4.69) is 22.5 Å². The smallest absolute Gasteiger partial charge is 0.243 e. The number of sulfonamides is 1. The number of benzene rings is 1. The van der Waals surface area contributed by atoms with E-state index in [9.17, 15) is 8.42 Å². The second-order valence-electron chi connectivity index (χ2n) is 8.00. The Hall–Kier alpha value is -1.64. The van der Waals surface area contributed by atoms with E-state index in [0.29, 0.717) is 43.0 Å². The predicted molar refractivity (Wildman–Crippen MR) is 113 cm³/mol. The van der Waals surface area contributed by atoms with Crippen LogP contribution in [-0.2, 0) is 21.3 Å². The van der Waals surface area contributed by atoms with Crippen molar-refractivity contribution in [1.29, 1.82) is 0 Å². The lowest BCUT2D eigenvalue weighted by molar-refractivity contribution is 0.0268. The molecule has 1 aliphatic heterocycles. The van der Waals surface area contributed by atoms with E-state index < -0.39 is 10.0 Å². The van der Waals surface area contributed by atoms with Crippen molar-refractivity contribution in [2.45, 2.75) is 50.7 Å². The summed E-state index contributed by atoms with van der Waals surface area (Å²) in [5.41, 5.74) is 0.694. The maximum absolute atomic E-state index is 12.8. The van der Waals surface area contributed by atoms with Crippen LogP contribution in [0, 0.1) is 5.92 Å². The van der Waals surface area contributed by atoms with Crippen molar-refractivity contribution in [3.63, 3.8) is 0 Å². The molecule has 1 aromatic rings. The van der Waals surface area contributed by atoms with Crippen LogP contribution in [0.15, 0.2) is 34.2 Å². The lowest BCUT2D eigenvalue weighted by Gasteiger charge is -2.30. The Morgan fingerprint density at radius 1 is 1.29 bits per heavy atom. The third-order valence-corrected chi connectivity index (χ3v) is 6.98. The number of hydrogen-bond acceptors (Lipinski definition) is 4. The summed E-state index contributed by atoms with van der Waals surface area (Å²) in [7, 11) is -0.0213. The predicted octanol–water partition coefficient (Wildman–Crippen LogP) is 2.20. The summed E-state index contributed by atoms with van der Waals surface area (Å²) in [4.78, 5) is 4.56. The van der Waals surface area contributed by atoms with Gasteiger partial charge in [-0.3, -0.25) is 4.99 Å². The van der Waals surface area contributed by atoms with Crippen molar-refractivity contribution >= 4 is 16.0 Å². The molecule has 7 nitrogen and oxygen atoms in total. The Morgan fingerprint density at radius 2 is 1.96 bits per heavy atom. The van der Waals surface area contributed by atoms with Crippen molar-refractivity contribution in [1.82, 2.24) is 14.9 Å². The standard InChI is InChI=1S/C20H34N4O3S/c1-16-7-6-12-24(14-16)28(25,26)18-10-8-17(9-11-18)13-22-19(21-4)23-15-20(2,3)27-5/h8-11,16H,6-7,12-15H2,1-5H3,(H2,21,22,23). The molecule has 1 heterocycles. The highest BCUT2D eigenvalue weighted by molar-refractivity contribution is 7.89. The Kier molecular flexibility index (Phi) is 7.86. The van der Waals surface area contributed by atoms with Crippen molar-refractivity contribution < 1.29 is 13.2 Å². The Morgan fingerprint density at radius 3 is 2.54 bits per heavy atom. The summed E-state index contributed by atoms with van der Waals surface area (Å²) in [6, 6.07) is 7.07. The first-order chi connectivity index (χ1) is 13.2. The van der Waals surface area contributed by atoms with Gasteiger partial charge in [-0.1, -0.05) is 19.1 Å². The van der Waals surface area contributed by atoms with Crippen LogP contribution in [0.1, 0.15) is 39.2 Å². The van der Waals surface area contributed by atoms with E-state index >= 15 is 0 Å². The minimum Gasteiger partial charge on any atom is -0.377 e. The third-order valence-electron chi connectivity index (χ3n) is 5.10. The van der Waals surface area contributed by atoms with E-state index in [1.807, 2.05) is 26.0 Å². The van der Waals surface area contributed by atoms with E-state index in [-0.39, 0.29) is 5.60 Å². The van der Waals surface area contributed by atoms with Gasteiger partial charge in [0, 0.05) is 40.3 Å². The molecule has 1 aromatic carbocycles. The first kappa shape index (κ1) is 22.6. The molecule has 1 aliphatic rings. The Balaban J connectivity index is 1.95. The minimum atomic E-state index is -3.41. The average Bonchev–Trinajstić information content (AvgIpc) is 2.68. The van der Waals surface area contributed by atoms with Gasteiger partial charge in [0.2, 0.25) is 10.0 Å². The highest BCUT2D eigenvalue weighted by Crippen LogP contribution is 2.23. The van der Waals surface area contributed by atoms with Gasteiger partial charge in [0.05, 0.1) is 10.5 Å². The van der Waals surface area contributed by atoms with Crippen molar-refractivity contribution in [2.75, 3.05) is 33.8 Å². The van der Waals surface area contributed by atoms with Gasteiger partial charge in [0.15, 0.2) is 5.96 Å². The first-order valence-corrected chi connectivity index (χ1v) is 11.2. The summed E-state index contributed by atoms with van der Waals surface area (Å²) in [6.45, 7) is 8.47. The quantitative estimate of drug-likeness (QED) is 0.532. The molecule has 0 bridgehead atoms. The molecule has 1 atom stereocenters. The Labute approximate surface area is 169 Å². The van der Waals surface area contributed by atoms with Crippen LogP contribution in [-0.4, -0.2) is 58.1 Å². The Bertz CT molecular complexity index is 760. The largest absolute Gasteiger partial charge is 0.377 e. The number of guanidine groups is 1. The number of hydrogen-bond donors (Lipinski definition) is 2. The minimum absolute atomic E-state index is 0.292. The normalized spacial score (nSPS) is 19.5. The molecular weight excluding hydrogens is 376 g/mol. The molecule has 0 amide bonds. The number of ether oxygens (including phenoxy) is 1. The van der Waals surface area contributed by atoms with Crippen LogP contribution >= 0.6 is 0 Å². The van der Waals surface area contributed by atoms with Crippen molar-refractivity contribution in [2.24, 2.45) is 10.9 Å². The average molecular weight is 411 g/mol. The molecule has 158 valence electrons. The maximum atomic E-state index is 12.8. The van der Waals surface area contributed by atoms with Gasteiger partial charge in [-0.05, 0) is 50.3 Å². The zero-order chi connectivity index (χ0) is 20.8. The number of piperidine rings is 1. The molecule has 0 radical (unpaired) electrons. The van der Waals surface area contributed by atoms with Crippen molar-refractivity contribution in [3.8, 4) is 0 Å². The van der Waals surface area contributed by atoms with Crippen LogP contribution in [0.25, 0.3) is 0 Å². The highest BCUT2D eigenvalue weighted by atomic mass is 32.2. The van der Waals surface area contributed by atoms with E-state index in [0.717, 1.165) is 18.4 Å². The van der Waals surface area contributed by atoms with Gasteiger partial charge in [-0.2, -0.15) is 4.31 Å². The zero-order valence-corrected chi connectivity index (χ0v) is 18.5. The molecular formula is C20H34N4O3S. The van der Waals surface area contributed by atoms with Crippen LogP contribution in [0.2, 0.25) is 0 Å². The molecule has 1 unspecified atom stereocenters. The van der Waals surface area contributed by atoms with Gasteiger partial charge >= 0.3 is 0 Å². The molecule has 28 heavy (non-hydrogen) atoms. The third kappa shape index (κ3) is 6.18. The number of methoxy groups -OCH3 is 1. The summed E-state index contributed by atoms with van der Waals surface area (Å²) < 4.78 is 32.7. The fraction of sp³-hybridized carbons (Fsp3) is 0.650. The molecule has 1 fully saturated rings. The maximum Gasteiger partial charge on any atom is 0.243 e. The van der Waals surface area contributed by atoms with Gasteiger partial charge < -0.3 is 15.4 Å². The van der Waals surface area contributed by atoms with Gasteiger partial charge in [0.25, 0.3) is 0 Å². The topological polar surface area (TPSA) is 83.0 Å². The van der Waals surface area contributed by atoms with Crippen LogP contribution in [0.4, 0.5) is 0 Å². The number of nitrogens with one attached hydrogen (secondary N) is 2. The molecule has 2 rings (SSSR count). The van der Waals surface area contributed by atoms with Crippen molar-refractivity contribution in [3.05, 3.63) is 29.8 Å². The molecule has 0 spiro atoms. The van der Waals surface area contributed by atoms with E-state index in [1.54, 1.807) is 30.6 Å². The molecule has 1 saturated heterocycles. The van der Waals surface area contributed by atoms with Crippen LogP contribution in [0.5, 0.6) is 0 Å². The van der Waals surface area contributed by atoms with Gasteiger partial charge in [-0.25, -0.2) is 8.42 Å². The fourth-order valence-corrected chi connectivity index (χ4v) is 4.67. The zero-order valence-electron chi connectivity index (χ0n) is 17.7. The lowest BCUT2D eigenvalue weighted by atomic mass is 10.0. The summed E-state index contributed by atoms with van der Waals surface area (Å²) in [5, 5.41) is 6.46. The monoisotopic (exact) mass is 410 g/mol. The number of aliphatic imine (C=N–C) groups is 1. The second kappa shape index (κ2) is 9.71. The first-order valence-electron chi connectivity index (χ1n) is 9.77. The number of rotatable bonds is 7. The summed E-state index contributed by atoms with van der Waals surface area (Å²) >= 11 is 0. The van der Waals surface area contributed by atoms with Gasteiger partial charge in [-0.15, -0.1) is 0 Å². The number of nitrogens with zero attached hydrogens (tertiary/aromatic N) is 2. The summed E-state index contributed by atoms with van der Waals surface area (Å²) in [5.74, 6) is 1.08. The highest BCUT2D eigenvalue weighted by Gasteiger charge is 2.28. The van der Waals surface area contributed by atoms with Crippen LogP contribution < -0.4 is 10.6 Å². The second-order valence-corrected chi connectivity index (χ2v) is 9.94. The molecule has 2 N–H and O–H groups in total. The molecule has 0 aliphatic carbocycles. The molecule has 0 saturated carbocycles. The SMILES string of the molecule is CN=C(NCc1ccc(S(=O)(=O)N2CCCC(C)C2)cc1)NCC(C)(C)OC. The van der Waals surface area contributed by atoms with E-state index in [1.165, 1.54) is 0 Å².